The standard InChI is InChI=1S/C25H23N7O8S2/c1-31-25(28-29-30-31)42-10-13-9-41-23-18(22(38)32(23)19(13)24(39)40)27-21(37)17(11-2-5-14(33)6-3-11)26-20(36)12-4-7-15(34)16(35)8-12/h2-8,17-18,23,33-35H,9-10H2,1H3,(H,26,36)(H,27,37)(H,39,40)/t17?,18?,23-/m1/s1. The zero-order chi connectivity index (χ0) is 30.1. The predicted molar refractivity (Wildman–Crippen MR) is 147 cm³/mol. The van der Waals surface area contributed by atoms with Crippen LogP contribution in [0.4, 0.5) is 0 Å². The summed E-state index contributed by atoms with van der Waals surface area (Å²) in [6.07, 6.45) is 0. The largest absolute Gasteiger partial charge is 0.508 e. The van der Waals surface area contributed by atoms with Gasteiger partial charge in [-0.1, -0.05) is 23.9 Å². The van der Waals surface area contributed by atoms with E-state index in [1.165, 1.54) is 58.5 Å². The molecule has 5 rings (SSSR count). The Balaban J connectivity index is 1.33. The molecule has 0 spiro atoms. The Hall–Kier alpha value is -4.77. The summed E-state index contributed by atoms with van der Waals surface area (Å²) in [6.45, 7) is 0. The average molecular weight is 614 g/mol. The van der Waals surface area contributed by atoms with Gasteiger partial charge >= 0.3 is 5.97 Å². The van der Waals surface area contributed by atoms with E-state index >= 15 is 0 Å². The van der Waals surface area contributed by atoms with Crippen molar-refractivity contribution in [2.75, 3.05) is 11.5 Å². The second-order valence-corrected chi connectivity index (χ2v) is 11.3. The number of amides is 3. The van der Waals surface area contributed by atoms with Gasteiger partial charge in [0.25, 0.3) is 11.8 Å². The topological polar surface area (TPSA) is 220 Å². The Kier molecular flexibility index (Phi) is 7.95. The molecule has 1 fully saturated rings. The van der Waals surface area contributed by atoms with E-state index in [-0.39, 0.29) is 34.1 Å². The zero-order valence-electron chi connectivity index (χ0n) is 21.7. The summed E-state index contributed by atoms with van der Waals surface area (Å²) in [4.78, 5) is 52.9. The first-order valence-electron chi connectivity index (χ1n) is 12.2. The third-order valence-corrected chi connectivity index (χ3v) is 8.94. The Morgan fingerprint density at radius 3 is 2.50 bits per heavy atom. The fourth-order valence-electron chi connectivity index (χ4n) is 4.37. The van der Waals surface area contributed by atoms with Gasteiger partial charge in [0, 0.05) is 24.1 Å². The van der Waals surface area contributed by atoms with E-state index in [1.54, 1.807) is 7.05 Å². The van der Waals surface area contributed by atoms with Gasteiger partial charge in [0.05, 0.1) is 0 Å². The van der Waals surface area contributed by atoms with Crippen LogP contribution in [0.5, 0.6) is 17.2 Å². The van der Waals surface area contributed by atoms with Gasteiger partial charge < -0.3 is 31.1 Å². The minimum Gasteiger partial charge on any atom is -0.508 e. The van der Waals surface area contributed by atoms with Crippen LogP contribution >= 0.6 is 23.5 Å². The van der Waals surface area contributed by atoms with E-state index in [2.05, 4.69) is 26.2 Å². The van der Waals surface area contributed by atoms with E-state index in [9.17, 15) is 39.6 Å². The number of β-lactam (4-membered cyclic amide) rings is 1. The van der Waals surface area contributed by atoms with Crippen molar-refractivity contribution in [2.24, 2.45) is 7.05 Å². The van der Waals surface area contributed by atoms with Crippen molar-refractivity contribution in [3.05, 3.63) is 64.9 Å². The molecule has 42 heavy (non-hydrogen) atoms. The lowest BCUT2D eigenvalue weighted by molar-refractivity contribution is -0.151. The molecule has 2 aliphatic rings. The molecule has 2 aliphatic heterocycles. The number of carbonyl (C=O) groups is 4. The molecule has 2 unspecified atom stereocenters. The molecule has 0 aliphatic carbocycles. The van der Waals surface area contributed by atoms with E-state index in [4.69, 9.17) is 0 Å². The molecule has 3 aromatic rings. The molecule has 1 aromatic heterocycles. The summed E-state index contributed by atoms with van der Waals surface area (Å²) in [6, 6.07) is 6.48. The number of hydrogen-bond donors (Lipinski definition) is 6. The van der Waals surface area contributed by atoms with E-state index < -0.39 is 52.6 Å². The van der Waals surface area contributed by atoms with Gasteiger partial charge in [-0.15, -0.1) is 16.9 Å². The Morgan fingerprint density at radius 2 is 1.86 bits per heavy atom. The first-order chi connectivity index (χ1) is 20.0. The first kappa shape index (κ1) is 28.7. The molecule has 15 nitrogen and oxygen atoms in total. The van der Waals surface area contributed by atoms with Gasteiger partial charge in [0.15, 0.2) is 11.5 Å². The molecule has 0 saturated carbocycles. The monoisotopic (exact) mass is 613 g/mol. The summed E-state index contributed by atoms with van der Waals surface area (Å²) >= 11 is 2.51. The minimum atomic E-state index is -1.33. The number of phenolic OH excluding ortho intramolecular Hbond substituents is 3. The molecule has 3 atom stereocenters. The highest BCUT2D eigenvalue weighted by Crippen LogP contribution is 2.41. The smallest absolute Gasteiger partial charge is 0.352 e. The highest BCUT2D eigenvalue weighted by atomic mass is 32.2. The maximum atomic E-state index is 13.5. The minimum absolute atomic E-state index is 0.0469. The maximum Gasteiger partial charge on any atom is 0.352 e. The van der Waals surface area contributed by atoms with Crippen molar-refractivity contribution in [2.45, 2.75) is 22.6 Å². The number of aliphatic carboxylic acids is 1. The Bertz CT molecular complexity index is 1610. The molecule has 218 valence electrons. The van der Waals surface area contributed by atoms with Gasteiger partial charge in [-0.05, 0) is 51.9 Å². The number of aryl methyl sites for hydroxylation is 1. The van der Waals surface area contributed by atoms with Crippen molar-refractivity contribution in [1.82, 2.24) is 35.7 Å². The highest BCUT2D eigenvalue weighted by molar-refractivity contribution is 8.01. The molecule has 3 heterocycles. The van der Waals surface area contributed by atoms with Crippen LogP contribution in [0.1, 0.15) is 22.0 Å². The van der Waals surface area contributed by atoms with Crippen LogP contribution in [0.15, 0.2) is 58.9 Å². The molecular formula is C25H23N7O8S2. The number of aromatic hydroxyl groups is 3. The van der Waals surface area contributed by atoms with Crippen molar-refractivity contribution < 1.29 is 39.6 Å². The van der Waals surface area contributed by atoms with Crippen molar-refractivity contribution in [3.8, 4) is 17.2 Å². The number of thioether (sulfide) groups is 2. The van der Waals surface area contributed by atoms with Gasteiger partial charge in [-0.3, -0.25) is 19.3 Å². The van der Waals surface area contributed by atoms with Crippen LogP contribution in [0.2, 0.25) is 0 Å². The summed E-state index contributed by atoms with van der Waals surface area (Å²) in [5.74, 6) is -3.95. The van der Waals surface area contributed by atoms with Crippen LogP contribution < -0.4 is 10.6 Å². The molecular weight excluding hydrogens is 590 g/mol. The third-order valence-electron chi connectivity index (χ3n) is 6.51. The van der Waals surface area contributed by atoms with Gasteiger partial charge in [0.1, 0.15) is 28.9 Å². The van der Waals surface area contributed by atoms with E-state index in [1.807, 2.05) is 0 Å². The number of nitrogens with one attached hydrogen (secondary N) is 2. The lowest BCUT2D eigenvalue weighted by Crippen LogP contribution is -2.71. The number of fused-ring (bicyclic) bond motifs is 1. The molecule has 6 N–H and O–H groups in total. The Morgan fingerprint density at radius 1 is 1.12 bits per heavy atom. The maximum absolute atomic E-state index is 13.5. The second-order valence-electron chi connectivity index (χ2n) is 9.23. The summed E-state index contributed by atoms with van der Waals surface area (Å²) in [5.41, 5.74) is 0.577. The van der Waals surface area contributed by atoms with Crippen molar-refractivity contribution >= 4 is 47.2 Å². The van der Waals surface area contributed by atoms with Gasteiger partial charge in [-0.25, -0.2) is 9.48 Å². The number of aromatic nitrogens is 4. The predicted octanol–water partition coefficient (Wildman–Crippen LogP) is 0.329. The van der Waals surface area contributed by atoms with Crippen molar-refractivity contribution in [1.29, 1.82) is 0 Å². The number of tetrazole rings is 1. The van der Waals surface area contributed by atoms with Crippen molar-refractivity contribution in [3.63, 3.8) is 0 Å². The molecule has 0 bridgehead atoms. The SMILES string of the molecule is Cn1nnnc1SCC1=C(C(=O)O)N2C(=O)C(NC(=O)C(NC(=O)c3ccc(O)c(O)c3)c3ccc(O)cc3)[C@H]2SC1. The molecule has 2 aromatic carbocycles. The van der Waals surface area contributed by atoms with E-state index in [0.29, 0.717) is 10.7 Å². The lowest BCUT2D eigenvalue weighted by Gasteiger charge is -2.49. The van der Waals surface area contributed by atoms with Crippen LogP contribution in [0.3, 0.4) is 0 Å². The Labute approximate surface area is 245 Å². The number of carboxylic acids is 1. The fraction of sp³-hybridized carbons (Fsp3) is 0.240. The number of hydrogen-bond acceptors (Lipinski definition) is 12. The fourth-order valence-corrected chi connectivity index (χ4v) is 6.71. The molecule has 0 radical (unpaired) electrons. The lowest BCUT2D eigenvalue weighted by atomic mass is 10.0. The summed E-state index contributed by atoms with van der Waals surface area (Å²) in [5, 5.41) is 55.0. The van der Waals surface area contributed by atoms with Gasteiger partial charge in [0.2, 0.25) is 11.1 Å². The van der Waals surface area contributed by atoms with Crippen LogP contribution in [0.25, 0.3) is 0 Å². The number of nitrogens with zero attached hydrogens (tertiary/aromatic N) is 5. The van der Waals surface area contributed by atoms with Crippen LogP contribution in [-0.4, -0.2) is 92.1 Å². The zero-order valence-corrected chi connectivity index (χ0v) is 23.3. The van der Waals surface area contributed by atoms with E-state index in [0.717, 1.165) is 17.0 Å². The van der Waals surface area contributed by atoms with Crippen LogP contribution in [-0.2, 0) is 21.4 Å². The third kappa shape index (κ3) is 5.55. The molecule has 17 heteroatoms. The molecule has 1 saturated heterocycles. The number of phenols is 3. The normalized spacial score (nSPS) is 18.6. The summed E-state index contributed by atoms with van der Waals surface area (Å²) in [7, 11) is 1.65. The molecule has 3 amide bonds. The quantitative estimate of drug-likeness (QED) is 0.109. The number of benzene rings is 2. The second kappa shape index (κ2) is 11.6. The number of carbonyl (C=O) groups excluding carboxylic acids is 3. The van der Waals surface area contributed by atoms with Crippen LogP contribution in [0, 0.1) is 0 Å². The number of carboxylic acid groups (broad SMARTS) is 1. The summed E-state index contributed by atoms with van der Waals surface area (Å²) < 4.78 is 1.44. The average Bonchev–Trinajstić information content (AvgIpc) is 3.38. The highest BCUT2D eigenvalue weighted by Gasteiger charge is 2.54. The number of rotatable bonds is 9. The van der Waals surface area contributed by atoms with Gasteiger partial charge in [-0.2, -0.15) is 0 Å². The first-order valence-corrected chi connectivity index (χ1v) is 14.3.